The van der Waals surface area contributed by atoms with E-state index >= 15 is 0 Å². The highest BCUT2D eigenvalue weighted by Gasteiger charge is 2.22. The molecule has 2 rings (SSSR count). The molecule has 7 heteroatoms. The van der Waals surface area contributed by atoms with E-state index in [0.29, 0.717) is 11.3 Å². The van der Waals surface area contributed by atoms with Gasteiger partial charge in [-0.1, -0.05) is 24.3 Å². The Morgan fingerprint density at radius 2 is 2.09 bits per heavy atom. The monoisotopic (exact) mass is 304 g/mol. The first-order chi connectivity index (χ1) is 10.5. The number of carbonyl (C=O) groups is 3. The molecule has 1 unspecified atom stereocenters. The van der Waals surface area contributed by atoms with Crippen molar-refractivity contribution in [3.8, 4) is 5.75 Å². The Morgan fingerprint density at radius 3 is 2.73 bits per heavy atom. The molecule has 116 valence electrons. The maximum Gasteiger partial charge on any atom is 0.342 e. The molecule has 3 amide bonds. The number of imide groups is 1. The predicted octanol–water partition coefficient (Wildman–Crippen LogP) is 1.09. The summed E-state index contributed by atoms with van der Waals surface area (Å²) in [7, 11) is 2.74. The first-order valence-corrected chi connectivity index (χ1v) is 6.59. The van der Waals surface area contributed by atoms with Crippen LogP contribution in [-0.4, -0.2) is 38.2 Å². The fourth-order valence-corrected chi connectivity index (χ4v) is 2.15. The molecule has 22 heavy (non-hydrogen) atoms. The van der Waals surface area contributed by atoms with Crippen LogP contribution in [0.2, 0.25) is 0 Å². The molecule has 0 radical (unpaired) electrons. The maximum atomic E-state index is 11.9. The topological polar surface area (TPSA) is 93.7 Å². The van der Waals surface area contributed by atoms with Crippen LogP contribution in [-0.2, 0) is 9.53 Å². The summed E-state index contributed by atoms with van der Waals surface area (Å²) in [5, 5.41) is 4.75. The van der Waals surface area contributed by atoms with Crippen molar-refractivity contribution in [3.63, 3.8) is 0 Å². The molecule has 0 aromatic heterocycles. The van der Waals surface area contributed by atoms with Crippen LogP contribution in [0.15, 0.2) is 24.3 Å². The van der Waals surface area contributed by atoms with Crippen molar-refractivity contribution in [2.45, 2.75) is 12.5 Å². The van der Waals surface area contributed by atoms with Gasteiger partial charge in [0.05, 0.1) is 26.7 Å². The molecule has 1 atom stereocenters. The van der Waals surface area contributed by atoms with Crippen LogP contribution in [0.1, 0.15) is 22.3 Å². The van der Waals surface area contributed by atoms with Crippen LogP contribution >= 0.6 is 0 Å². The number of hydrogen-bond donors (Lipinski definition) is 2. The van der Waals surface area contributed by atoms with Crippen LogP contribution < -0.4 is 15.4 Å². The number of carbonyl (C=O) groups excluding carboxylic acids is 3. The third-order valence-corrected chi connectivity index (χ3v) is 3.15. The van der Waals surface area contributed by atoms with E-state index in [9.17, 15) is 14.4 Å². The average Bonchev–Trinajstić information content (AvgIpc) is 2.50. The second-order valence-electron chi connectivity index (χ2n) is 4.61. The average molecular weight is 304 g/mol. The Morgan fingerprint density at radius 1 is 1.32 bits per heavy atom. The molecule has 1 fully saturated rings. The molecule has 1 aromatic rings. The summed E-state index contributed by atoms with van der Waals surface area (Å²) < 4.78 is 9.92. The first kappa shape index (κ1) is 15.6. The lowest BCUT2D eigenvalue weighted by molar-refractivity contribution is -0.120. The highest BCUT2D eigenvalue weighted by molar-refractivity contribution is 5.98. The van der Waals surface area contributed by atoms with Gasteiger partial charge in [0.15, 0.2) is 0 Å². The van der Waals surface area contributed by atoms with E-state index in [1.165, 1.54) is 14.2 Å². The lowest BCUT2D eigenvalue weighted by atomic mass is 10.0. The number of methoxy groups -OCH3 is 2. The fourth-order valence-electron chi connectivity index (χ4n) is 2.15. The van der Waals surface area contributed by atoms with Crippen molar-refractivity contribution in [3.05, 3.63) is 35.4 Å². The standard InChI is InChI=1S/C15H16N2O5/c1-21-11-5-3-4-9(13(11)14(19)22-2)6-7-10-8-12(18)17-15(20)16-10/h3-7,10H,8H2,1-2H3,(H2,16,17,18,20)/b7-6+. The predicted molar refractivity (Wildman–Crippen MR) is 78.4 cm³/mol. The van der Waals surface area contributed by atoms with E-state index in [0.717, 1.165) is 0 Å². The zero-order valence-electron chi connectivity index (χ0n) is 12.2. The summed E-state index contributed by atoms with van der Waals surface area (Å²) in [5.41, 5.74) is 0.863. The molecule has 0 saturated carbocycles. The molecular formula is C15H16N2O5. The van der Waals surface area contributed by atoms with Gasteiger partial charge in [0.2, 0.25) is 5.91 Å². The number of benzene rings is 1. The molecule has 0 aliphatic carbocycles. The molecule has 1 aliphatic heterocycles. The number of esters is 1. The highest BCUT2D eigenvalue weighted by atomic mass is 16.5. The van der Waals surface area contributed by atoms with Crippen molar-refractivity contribution in [2.24, 2.45) is 0 Å². The van der Waals surface area contributed by atoms with Crippen LogP contribution in [0.25, 0.3) is 6.08 Å². The number of rotatable bonds is 4. The lowest BCUT2D eigenvalue weighted by Gasteiger charge is -2.20. The van der Waals surface area contributed by atoms with E-state index in [2.05, 4.69) is 10.6 Å². The maximum absolute atomic E-state index is 11.9. The minimum absolute atomic E-state index is 0.139. The van der Waals surface area contributed by atoms with Gasteiger partial charge in [0.1, 0.15) is 11.3 Å². The van der Waals surface area contributed by atoms with Gasteiger partial charge in [-0.3, -0.25) is 10.1 Å². The number of urea groups is 1. The number of hydrogen-bond acceptors (Lipinski definition) is 5. The molecular weight excluding hydrogens is 288 g/mol. The lowest BCUT2D eigenvalue weighted by Crippen LogP contribution is -2.51. The van der Waals surface area contributed by atoms with Gasteiger partial charge in [-0.2, -0.15) is 0 Å². The van der Waals surface area contributed by atoms with Gasteiger partial charge >= 0.3 is 12.0 Å². The quantitative estimate of drug-likeness (QED) is 0.812. The molecule has 1 aromatic carbocycles. The summed E-state index contributed by atoms with van der Waals surface area (Å²) in [6.07, 6.45) is 3.44. The fraction of sp³-hybridized carbons (Fsp3) is 0.267. The molecule has 2 N–H and O–H groups in total. The Kier molecular flexibility index (Phi) is 4.77. The van der Waals surface area contributed by atoms with E-state index < -0.39 is 18.0 Å². The van der Waals surface area contributed by atoms with Crippen LogP contribution in [0.4, 0.5) is 4.79 Å². The second kappa shape index (κ2) is 6.75. The van der Waals surface area contributed by atoms with Crippen molar-refractivity contribution in [2.75, 3.05) is 14.2 Å². The Balaban J connectivity index is 2.28. The van der Waals surface area contributed by atoms with Crippen LogP contribution in [0.5, 0.6) is 5.75 Å². The Labute approximate surface area is 127 Å². The summed E-state index contributed by atoms with van der Waals surface area (Å²) in [5.74, 6) is -0.487. The van der Waals surface area contributed by atoms with Crippen molar-refractivity contribution in [1.82, 2.24) is 10.6 Å². The largest absolute Gasteiger partial charge is 0.496 e. The molecule has 0 bridgehead atoms. The first-order valence-electron chi connectivity index (χ1n) is 6.59. The minimum atomic E-state index is -0.537. The normalized spacial score (nSPS) is 17.8. The van der Waals surface area contributed by atoms with Crippen molar-refractivity contribution >= 4 is 24.0 Å². The van der Waals surface area contributed by atoms with Crippen molar-refractivity contribution in [1.29, 1.82) is 0 Å². The minimum Gasteiger partial charge on any atom is -0.496 e. The summed E-state index contributed by atoms with van der Waals surface area (Å²) in [4.78, 5) is 34.5. The van der Waals surface area contributed by atoms with E-state index in [4.69, 9.17) is 9.47 Å². The van der Waals surface area contributed by atoms with Gasteiger partial charge in [0, 0.05) is 0 Å². The van der Waals surface area contributed by atoms with Gasteiger partial charge in [-0.15, -0.1) is 0 Å². The SMILES string of the molecule is COC(=O)c1c(/C=C/C2CC(=O)NC(=O)N2)cccc1OC. The third-order valence-electron chi connectivity index (χ3n) is 3.15. The van der Waals surface area contributed by atoms with Crippen molar-refractivity contribution < 1.29 is 23.9 Å². The van der Waals surface area contributed by atoms with Crippen LogP contribution in [0, 0.1) is 0 Å². The second-order valence-corrected chi connectivity index (χ2v) is 4.61. The van der Waals surface area contributed by atoms with Gasteiger partial charge < -0.3 is 14.8 Å². The molecule has 1 heterocycles. The number of nitrogens with one attached hydrogen (secondary N) is 2. The van der Waals surface area contributed by atoms with E-state index in [1.54, 1.807) is 30.4 Å². The molecule has 0 spiro atoms. The molecule has 1 aliphatic rings. The van der Waals surface area contributed by atoms with Crippen LogP contribution in [0.3, 0.4) is 0 Å². The highest BCUT2D eigenvalue weighted by Crippen LogP contribution is 2.24. The third kappa shape index (κ3) is 3.43. The van der Waals surface area contributed by atoms with Gasteiger partial charge in [-0.25, -0.2) is 9.59 Å². The van der Waals surface area contributed by atoms with Gasteiger partial charge in [-0.05, 0) is 11.6 Å². The van der Waals surface area contributed by atoms with E-state index in [1.807, 2.05) is 0 Å². The van der Waals surface area contributed by atoms with Gasteiger partial charge in [0.25, 0.3) is 0 Å². The Bertz CT molecular complexity index is 623. The number of amides is 3. The molecule has 1 saturated heterocycles. The summed E-state index contributed by atoms with van der Waals surface area (Å²) in [6, 6.07) is 4.13. The molecule has 7 nitrogen and oxygen atoms in total. The van der Waals surface area contributed by atoms with E-state index in [-0.39, 0.29) is 17.9 Å². The Hall–Kier alpha value is -2.83. The smallest absolute Gasteiger partial charge is 0.342 e. The summed E-state index contributed by atoms with van der Waals surface area (Å²) in [6.45, 7) is 0. The summed E-state index contributed by atoms with van der Waals surface area (Å²) >= 11 is 0. The zero-order valence-corrected chi connectivity index (χ0v) is 12.2. The number of ether oxygens (including phenoxy) is 2. The zero-order chi connectivity index (χ0) is 16.1.